The number of carbonyl (C=O) groups excluding carboxylic acids is 3. The number of para-hydroxylation sites is 2. The smallest absolute Gasteiger partial charge is 0.408 e. The van der Waals surface area contributed by atoms with Crippen LogP contribution < -0.4 is 10.6 Å². The van der Waals surface area contributed by atoms with Crippen molar-refractivity contribution in [3.8, 4) is 5.75 Å². The van der Waals surface area contributed by atoms with Crippen molar-refractivity contribution in [2.45, 2.75) is 98.3 Å². The highest BCUT2D eigenvalue weighted by atomic mass is 32.1. The molecule has 3 amide bonds. The van der Waals surface area contributed by atoms with Crippen molar-refractivity contribution in [2.24, 2.45) is 0 Å². The molecule has 2 aromatic rings. The number of unbranched alkanes of at least 4 members (excludes halogenated alkanes) is 4. The van der Waals surface area contributed by atoms with E-state index in [1.54, 1.807) is 45.9 Å². The molecule has 3 N–H and O–H groups in total. The summed E-state index contributed by atoms with van der Waals surface area (Å²) in [6, 6.07) is 8.67. The molecule has 9 heteroatoms. The molecule has 2 aromatic carbocycles. The molecule has 2 atom stereocenters. The number of alkyl carbamates (subject to hydrolysis) is 1. The summed E-state index contributed by atoms with van der Waals surface area (Å²) in [6.07, 6.45) is 3.91. The van der Waals surface area contributed by atoms with Crippen molar-refractivity contribution in [1.29, 1.82) is 0 Å². The SMILES string of the molecule is CCCCCCCN(C(=O)C(CS)NC(=O)OC(C)(C)C)C(C(=O)Nc1c(C)cccc1C)c1cccc(C)c1O. The Balaban J connectivity index is 2.57. The Labute approximate surface area is 250 Å². The highest BCUT2D eigenvalue weighted by Crippen LogP contribution is 2.34. The average molecular weight is 586 g/mol. The molecule has 41 heavy (non-hydrogen) atoms. The Morgan fingerprint density at radius 1 is 0.951 bits per heavy atom. The van der Waals surface area contributed by atoms with Gasteiger partial charge in [-0.3, -0.25) is 9.59 Å². The lowest BCUT2D eigenvalue weighted by molar-refractivity contribution is -0.140. The average Bonchev–Trinajstić information content (AvgIpc) is 2.89. The molecule has 0 bridgehead atoms. The van der Waals surface area contributed by atoms with E-state index in [9.17, 15) is 19.5 Å². The van der Waals surface area contributed by atoms with Crippen LogP contribution in [-0.4, -0.2) is 51.9 Å². The van der Waals surface area contributed by atoms with Gasteiger partial charge in [-0.15, -0.1) is 0 Å². The lowest BCUT2D eigenvalue weighted by Crippen LogP contribution is -2.53. The molecule has 0 aliphatic carbocycles. The molecule has 2 unspecified atom stereocenters. The number of nitrogens with one attached hydrogen (secondary N) is 2. The predicted molar refractivity (Wildman–Crippen MR) is 168 cm³/mol. The van der Waals surface area contributed by atoms with Crippen LogP contribution >= 0.6 is 12.6 Å². The van der Waals surface area contributed by atoms with Crippen LogP contribution in [0, 0.1) is 20.8 Å². The fourth-order valence-electron chi connectivity index (χ4n) is 4.64. The first-order valence-corrected chi connectivity index (χ1v) is 15.0. The minimum atomic E-state index is -1.16. The van der Waals surface area contributed by atoms with Crippen LogP contribution in [0.5, 0.6) is 5.75 Å². The minimum absolute atomic E-state index is 0.00451. The van der Waals surface area contributed by atoms with E-state index < -0.39 is 35.6 Å². The van der Waals surface area contributed by atoms with Crippen molar-refractivity contribution in [2.75, 3.05) is 17.6 Å². The zero-order valence-corrected chi connectivity index (χ0v) is 26.4. The number of aromatic hydroxyl groups is 1. The van der Waals surface area contributed by atoms with Crippen molar-refractivity contribution in [3.05, 3.63) is 58.7 Å². The molecular formula is C32H47N3O5S. The van der Waals surface area contributed by atoms with Gasteiger partial charge < -0.3 is 25.4 Å². The summed E-state index contributed by atoms with van der Waals surface area (Å²) < 4.78 is 5.38. The predicted octanol–water partition coefficient (Wildman–Crippen LogP) is 6.62. The molecular weight excluding hydrogens is 538 g/mol. The van der Waals surface area contributed by atoms with Crippen LogP contribution in [0.4, 0.5) is 10.5 Å². The topological polar surface area (TPSA) is 108 Å². The van der Waals surface area contributed by atoms with Gasteiger partial charge in [-0.2, -0.15) is 12.6 Å². The number of anilines is 1. The number of aryl methyl sites for hydroxylation is 3. The van der Waals surface area contributed by atoms with Gasteiger partial charge in [0.1, 0.15) is 23.4 Å². The quantitative estimate of drug-likeness (QED) is 0.156. The Hall–Kier alpha value is -3.20. The maximum absolute atomic E-state index is 14.1. The Morgan fingerprint density at radius 2 is 1.54 bits per heavy atom. The summed E-state index contributed by atoms with van der Waals surface area (Å²) in [4.78, 5) is 42.4. The van der Waals surface area contributed by atoms with Gasteiger partial charge in [0.2, 0.25) is 5.91 Å². The first-order chi connectivity index (χ1) is 19.3. The van der Waals surface area contributed by atoms with E-state index in [1.807, 2.05) is 32.0 Å². The Bertz CT molecular complexity index is 1170. The summed E-state index contributed by atoms with van der Waals surface area (Å²) in [6.45, 7) is 13.1. The molecule has 0 saturated carbocycles. The second-order valence-corrected chi connectivity index (χ2v) is 11.9. The lowest BCUT2D eigenvalue weighted by atomic mass is 9.98. The highest BCUT2D eigenvalue weighted by Gasteiger charge is 2.37. The number of phenolic OH excluding ortho intramolecular Hbond substituents is 1. The third-order valence-corrected chi connectivity index (χ3v) is 7.18. The third kappa shape index (κ3) is 9.99. The summed E-state index contributed by atoms with van der Waals surface area (Å²) in [5, 5.41) is 16.8. The van der Waals surface area contributed by atoms with Crippen LogP contribution in [0.2, 0.25) is 0 Å². The second kappa shape index (κ2) is 15.7. The number of amides is 3. The summed E-state index contributed by atoms with van der Waals surface area (Å²) in [7, 11) is 0. The molecule has 0 radical (unpaired) electrons. The number of nitrogens with zero attached hydrogens (tertiary/aromatic N) is 1. The number of thiol groups is 1. The molecule has 0 aromatic heterocycles. The number of carbonyl (C=O) groups is 3. The van der Waals surface area contributed by atoms with Gasteiger partial charge in [-0.1, -0.05) is 69.0 Å². The monoisotopic (exact) mass is 585 g/mol. The fraction of sp³-hybridized carbons (Fsp3) is 0.531. The maximum atomic E-state index is 14.1. The number of ether oxygens (including phenoxy) is 1. The molecule has 0 heterocycles. The highest BCUT2D eigenvalue weighted by molar-refractivity contribution is 7.80. The molecule has 0 aliphatic heterocycles. The fourth-order valence-corrected chi connectivity index (χ4v) is 4.89. The van der Waals surface area contributed by atoms with Gasteiger partial charge in [0.15, 0.2) is 0 Å². The molecule has 0 spiro atoms. The van der Waals surface area contributed by atoms with E-state index in [2.05, 4.69) is 30.2 Å². The zero-order valence-electron chi connectivity index (χ0n) is 25.5. The normalized spacial score (nSPS) is 12.8. The molecule has 0 aliphatic rings. The van der Waals surface area contributed by atoms with E-state index in [0.29, 0.717) is 23.2 Å². The van der Waals surface area contributed by atoms with Gasteiger partial charge in [-0.25, -0.2) is 4.79 Å². The zero-order chi connectivity index (χ0) is 30.7. The molecule has 0 fully saturated rings. The van der Waals surface area contributed by atoms with E-state index in [4.69, 9.17) is 4.74 Å². The molecule has 0 saturated heterocycles. The number of benzene rings is 2. The van der Waals surface area contributed by atoms with Crippen molar-refractivity contribution >= 4 is 36.2 Å². The minimum Gasteiger partial charge on any atom is -0.507 e. The van der Waals surface area contributed by atoms with Gasteiger partial charge in [0.05, 0.1) is 0 Å². The lowest BCUT2D eigenvalue weighted by Gasteiger charge is -2.35. The van der Waals surface area contributed by atoms with Gasteiger partial charge in [0.25, 0.3) is 5.91 Å². The van der Waals surface area contributed by atoms with Gasteiger partial charge >= 0.3 is 6.09 Å². The largest absolute Gasteiger partial charge is 0.507 e. The van der Waals surface area contributed by atoms with Crippen LogP contribution in [0.3, 0.4) is 0 Å². The Morgan fingerprint density at radius 3 is 2.12 bits per heavy atom. The standard InChI is InChI=1S/C32H47N3O5S/c1-8-9-10-11-12-19-35(30(38)25(20-41)33-31(39)40-32(5,6)7)27(24-18-14-17-23(4)28(24)36)29(37)34-26-21(2)15-13-16-22(26)3/h13-18,25,27,36,41H,8-12,19-20H2,1-7H3,(H,33,39)(H,34,37). The Kier molecular flexibility index (Phi) is 13.0. The van der Waals surface area contributed by atoms with Crippen molar-refractivity contribution < 1.29 is 24.2 Å². The van der Waals surface area contributed by atoms with Crippen LogP contribution in [0.1, 0.15) is 88.1 Å². The van der Waals surface area contributed by atoms with Gasteiger partial charge in [0, 0.05) is 23.5 Å². The number of phenols is 1. The van der Waals surface area contributed by atoms with E-state index in [0.717, 1.165) is 36.8 Å². The number of rotatable bonds is 13. The first-order valence-electron chi connectivity index (χ1n) is 14.4. The van der Waals surface area contributed by atoms with Crippen molar-refractivity contribution in [1.82, 2.24) is 10.2 Å². The summed E-state index contributed by atoms with van der Waals surface area (Å²) >= 11 is 4.36. The van der Waals surface area contributed by atoms with Crippen LogP contribution in [0.25, 0.3) is 0 Å². The maximum Gasteiger partial charge on any atom is 0.408 e. The number of hydrogen-bond acceptors (Lipinski definition) is 6. The number of hydrogen-bond donors (Lipinski definition) is 4. The van der Waals surface area contributed by atoms with Gasteiger partial charge in [-0.05, 0) is 64.7 Å². The van der Waals surface area contributed by atoms with E-state index in [1.165, 1.54) is 4.90 Å². The summed E-state index contributed by atoms with van der Waals surface area (Å²) in [5.74, 6) is -1.00. The van der Waals surface area contributed by atoms with E-state index in [-0.39, 0.29) is 18.0 Å². The third-order valence-electron chi connectivity index (χ3n) is 6.81. The molecule has 2 rings (SSSR count). The summed E-state index contributed by atoms with van der Waals surface area (Å²) in [5.41, 5.74) is 2.55. The first kappa shape index (κ1) is 34.0. The molecule has 8 nitrogen and oxygen atoms in total. The van der Waals surface area contributed by atoms with Crippen LogP contribution in [-0.2, 0) is 14.3 Å². The van der Waals surface area contributed by atoms with Crippen molar-refractivity contribution in [3.63, 3.8) is 0 Å². The van der Waals surface area contributed by atoms with Crippen LogP contribution in [0.15, 0.2) is 36.4 Å². The second-order valence-electron chi connectivity index (χ2n) is 11.5. The van der Waals surface area contributed by atoms with E-state index >= 15 is 0 Å². The molecule has 226 valence electrons.